The van der Waals surface area contributed by atoms with E-state index in [2.05, 4.69) is 5.32 Å². The quantitative estimate of drug-likeness (QED) is 0.709. The molecule has 4 rings (SSSR count). The van der Waals surface area contributed by atoms with E-state index in [-0.39, 0.29) is 5.91 Å². The fourth-order valence-electron chi connectivity index (χ4n) is 3.61. The standard InChI is InChI=1S/C24H21N3O2/c25-23(28)19(15-16-9-3-1-4-10-16)22-24(29)26-20-14-8-7-13-18(20)21(27-22)17-11-5-2-6-12-17/h1-14,19,22H,15H2,(H2,25,28)(H,26,29). The zero-order valence-electron chi connectivity index (χ0n) is 15.8. The number of hydrogen-bond acceptors (Lipinski definition) is 3. The minimum Gasteiger partial charge on any atom is -0.369 e. The molecule has 144 valence electrons. The Hall–Kier alpha value is -3.73. The summed E-state index contributed by atoms with van der Waals surface area (Å²) in [6.07, 6.45) is 0.343. The molecule has 0 radical (unpaired) electrons. The average Bonchev–Trinajstić information content (AvgIpc) is 2.89. The highest BCUT2D eigenvalue weighted by molar-refractivity contribution is 6.20. The number of amides is 2. The lowest BCUT2D eigenvalue weighted by Crippen LogP contribution is -2.41. The summed E-state index contributed by atoms with van der Waals surface area (Å²) in [6, 6.07) is 25.8. The highest BCUT2D eigenvalue weighted by atomic mass is 16.2. The van der Waals surface area contributed by atoms with Crippen LogP contribution in [0.15, 0.2) is 89.9 Å². The van der Waals surface area contributed by atoms with Crippen LogP contribution in [0, 0.1) is 5.92 Å². The van der Waals surface area contributed by atoms with Crippen molar-refractivity contribution in [2.24, 2.45) is 16.6 Å². The van der Waals surface area contributed by atoms with Gasteiger partial charge in [0.25, 0.3) is 0 Å². The molecule has 3 aromatic rings. The highest BCUT2D eigenvalue weighted by Gasteiger charge is 2.35. The van der Waals surface area contributed by atoms with Gasteiger partial charge in [-0.3, -0.25) is 14.6 Å². The maximum Gasteiger partial charge on any atom is 0.250 e. The predicted octanol–water partition coefficient (Wildman–Crippen LogP) is 3.19. The van der Waals surface area contributed by atoms with Gasteiger partial charge in [-0.15, -0.1) is 0 Å². The summed E-state index contributed by atoms with van der Waals surface area (Å²) in [6.45, 7) is 0. The van der Waals surface area contributed by atoms with Crippen molar-refractivity contribution in [1.29, 1.82) is 0 Å². The number of benzene rings is 3. The first-order chi connectivity index (χ1) is 14.1. The number of carbonyl (C=O) groups is 2. The molecule has 1 heterocycles. The third-order valence-corrected chi connectivity index (χ3v) is 5.07. The van der Waals surface area contributed by atoms with Crippen molar-refractivity contribution >= 4 is 23.2 Å². The van der Waals surface area contributed by atoms with Gasteiger partial charge in [-0.05, 0) is 18.1 Å². The largest absolute Gasteiger partial charge is 0.369 e. The average molecular weight is 383 g/mol. The third kappa shape index (κ3) is 3.94. The normalized spacial score (nSPS) is 16.8. The van der Waals surface area contributed by atoms with Crippen molar-refractivity contribution in [2.75, 3.05) is 5.32 Å². The number of rotatable bonds is 5. The van der Waals surface area contributed by atoms with E-state index in [4.69, 9.17) is 10.7 Å². The van der Waals surface area contributed by atoms with Crippen LogP contribution in [0.5, 0.6) is 0 Å². The Balaban J connectivity index is 1.82. The number of para-hydroxylation sites is 1. The zero-order chi connectivity index (χ0) is 20.2. The number of aliphatic imine (C=N–C) groups is 1. The Labute approximate surface area is 169 Å². The van der Waals surface area contributed by atoms with Crippen molar-refractivity contribution < 1.29 is 9.59 Å². The van der Waals surface area contributed by atoms with Crippen LogP contribution >= 0.6 is 0 Å². The molecule has 2 atom stereocenters. The number of nitrogens with one attached hydrogen (secondary N) is 1. The Morgan fingerprint density at radius 3 is 2.24 bits per heavy atom. The number of fused-ring (bicyclic) bond motifs is 1. The number of carbonyl (C=O) groups excluding carboxylic acids is 2. The molecule has 0 spiro atoms. The van der Waals surface area contributed by atoms with Gasteiger partial charge in [0.1, 0.15) is 6.04 Å². The fourth-order valence-corrected chi connectivity index (χ4v) is 3.61. The van der Waals surface area contributed by atoms with Gasteiger partial charge >= 0.3 is 0 Å². The van der Waals surface area contributed by atoms with Crippen molar-refractivity contribution in [3.05, 3.63) is 102 Å². The van der Waals surface area contributed by atoms with Gasteiger partial charge in [0.15, 0.2) is 0 Å². The second-order valence-electron chi connectivity index (χ2n) is 7.02. The lowest BCUT2D eigenvalue weighted by molar-refractivity contribution is -0.127. The Kier molecular flexibility index (Phi) is 5.20. The second-order valence-corrected chi connectivity index (χ2v) is 7.02. The Bertz CT molecular complexity index is 1060. The summed E-state index contributed by atoms with van der Waals surface area (Å²) in [5.41, 5.74) is 9.70. The summed E-state index contributed by atoms with van der Waals surface area (Å²) < 4.78 is 0. The maximum absolute atomic E-state index is 13.1. The van der Waals surface area contributed by atoms with Crippen molar-refractivity contribution in [3.8, 4) is 0 Å². The van der Waals surface area contributed by atoms with Crippen LogP contribution in [0.4, 0.5) is 5.69 Å². The number of primary amides is 1. The van der Waals surface area contributed by atoms with E-state index in [1.165, 1.54) is 0 Å². The first-order valence-electron chi connectivity index (χ1n) is 9.50. The maximum atomic E-state index is 13.1. The first kappa shape index (κ1) is 18.6. The highest BCUT2D eigenvalue weighted by Crippen LogP contribution is 2.27. The smallest absolute Gasteiger partial charge is 0.250 e. The minimum absolute atomic E-state index is 0.330. The van der Waals surface area contributed by atoms with Crippen molar-refractivity contribution in [3.63, 3.8) is 0 Å². The molecule has 5 nitrogen and oxygen atoms in total. The van der Waals surface area contributed by atoms with E-state index < -0.39 is 17.9 Å². The van der Waals surface area contributed by atoms with E-state index in [0.717, 1.165) is 16.7 Å². The summed E-state index contributed by atoms with van der Waals surface area (Å²) in [7, 11) is 0. The number of benzodiazepines with no additional fused rings is 1. The van der Waals surface area contributed by atoms with Gasteiger partial charge < -0.3 is 11.1 Å². The van der Waals surface area contributed by atoms with Crippen LogP contribution in [0.25, 0.3) is 0 Å². The molecule has 5 heteroatoms. The molecule has 2 amide bonds. The van der Waals surface area contributed by atoms with Gasteiger partial charge in [0.2, 0.25) is 11.8 Å². The lowest BCUT2D eigenvalue weighted by atomic mass is 9.91. The molecule has 0 saturated heterocycles. The summed E-state index contributed by atoms with van der Waals surface area (Å²) in [5.74, 6) is -1.63. The van der Waals surface area contributed by atoms with Crippen LogP contribution < -0.4 is 11.1 Å². The van der Waals surface area contributed by atoms with Gasteiger partial charge in [-0.2, -0.15) is 0 Å². The fraction of sp³-hybridized carbons (Fsp3) is 0.125. The van der Waals surface area contributed by atoms with Gasteiger partial charge in [-0.1, -0.05) is 78.9 Å². The molecule has 0 fully saturated rings. The lowest BCUT2D eigenvalue weighted by Gasteiger charge is -2.20. The number of nitrogens with zero attached hydrogens (tertiary/aromatic N) is 1. The summed E-state index contributed by atoms with van der Waals surface area (Å²) in [5, 5.41) is 2.93. The number of anilines is 1. The van der Waals surface area contributed by atoms with Crippen molar-refractivity contribution in [2.45, 2.75) is 12.5 Å². The van der Waals surface area contributed by atoms with Gasteiger partial charge in [0, 0.05) is 11.1 Å². The molecule has 1 aliphatic rings. The molecular weight excluding hydrogens is 362 g/mol. The summed E-state index contributed by atoms with van der Waals surface area (Å²) >= 11 is 0. The van der Waals surface area contributed by atoms with Crippen molar-refractivity contribution in [1.82, 2.24) is 0 Å². The van der Waals surface area contributed by atoms with Gasteiger partial charge in [0.05, 0.1) is 17.3 Å². The molecule has 0 aromatic heterocycles. The monoisotopic (exact) mass is 383 g/mol. The molecule has 1 aliphatic heterocycles. The molecule has 0 aliphatic carbocycles. The van der Waals surface area contributed by atoms with E-state index >= 15 is 0 Å². The molecule has 2 unspecified atom stereocenters. The predicted molar refractivity (Wildman–Crippen MR) is 114 cm³/mol. The van der Waals surface area contributed by atoms with Crippen LogP contribution in [0.1, 0.15) is 16.7 Å². The van der Waals surface area contributed by atoms with E-state index in [1.54, 1.807) is 0 Å². The molecule has 3 aromatic carbocycles. The molecule has 29 heavy (non-hydrogen) atoms. The molecule has 0 saturated carbocycles. The second kappa shape index (κ2) is 8.10. The van der Waals surface area contributed by atoms with E-state index in [1.807, 2.05) is 84.9 Å². The number of hydrogen-bond donors (Lipinski definition) is 2. The zero-order valence-corrected chi connectivity index (χ0v) is 15.8. The van der Waals surface area contributed by atoms with E-state index in [0.29, 0.717) is 17.8 Å². The Morgan fingerprint density at radius 2 is 1.55 bits per heavy atom. The number of nitrogens with two attached hydrogens (primary N) is 1. The van der Waals surface area contributed by atoms with Crippen LogP contribution in [0.3, 0.4) is 0 Å². The van der Waals surface area contributed by atoms with Crippen LogP contribution in [-0.2, 0) is 16.0 Å². The first-order valence-corrected chi connectivity index (χ1v) is 9.50. The SMILES string of the molecule is NC(=O)C(Cc1ccccc1)C1N=C(c2ccccc2)c2ccccc2NC1=O. The third-order valence-electron chi connectivity index (χ3n) is 5.07. The van der Waals surface area contributed by atoms with E-state index in [9.17, 15) is 9.59 Å². The Morgan fingerprint density at radius 1 is 0.931 bits per heavy atom. The van der Waals surface area contributed by atoms with Gasteiger partial charge in [-0.25, -0.2) is 0 Å². The topological polar surface area (TPSA) is 84.6 Å². The molecule has 3 N–H and O–H groups in total. The molecule has 0 bridgehead atoms. The summed E-state index contributed by atoms with van der Waals surface area (Å²) in [4.78, 5) is 30.2. The van der Waals surface area contributed by atoms with Crippen LogP contribution in [0.2, 0.25) is 0 Å². The van der Waals surface area contributed by atoms with Crippen LogP contribution in [-0.4, -0.2) is 23.6 Å². The minimum atomic E-state index is -0.921. The molecular formula is C24H21N3O2.